The van der Waals surface area contributed by atoms with Gasteiger partial charge in [-0.05, 0) is 25.8 Å². The third-order valence-electron chi connectivity index (χ3n) is 4.19. The summed E-state index contributed by atoms with van der Waals surface area (Å²) < 4.78 is 7.84. The third kappa shape index (κ3) is 2.70. The van der Waals surface area contributed by atoms with Crippen LogP contribution in [0.25, 0.3) is 0 Å². The van der Waals surface area contributed by atoms with Crippen molar-refractivity contribution in [2.45, 2.75) is 25.9 Å². The molecule has 3 rings (SSSR count). The van der Waals surface area contributed by atoms with E-state index in [1.807, 2.05) is 24.7 Å². The molecule has 1 fully saturated rings. The molecule has 0 spiro atoms. The lowest BCUT2D eigenvalue weighted by molar-refractivity contribution is -0.0284. The van der Waals surface area contributed by atoms with Crippen LogP contribution < -0.4 is 5.32 Å². The molecule has 22 heavy (non-hydrogen) atoms. The van der Waals surface area contributed by atoms with Crippen molar-refractivity contribution in [3.63, 3.8) is 0 Å². The molecule has 2 N–H and O–H groups in total. The highest BCUT2D eigenvalue weighted by Gasteiger charge is 2.29. The van der Waals surface area contributed by atoms with Crippen LogP contribution in [0.15, 0.2) is 12.3 Å². The average Bonchev–Trinajstić information content (AvgIpc) is 3.11. The first kappa shape index (κ1) is 14.6. The summed E-state index contributed by atoms with van der Waals surface area (Å²) in [5.74, 6) is 0.946. The van der Waals surface area contributed by atoms with Gasteiger partial charge in [0.05, 0.1) is 11.4 Å². The van der Waals surface area contributed by atoms with Crippen molar-refractivity contribution in [2.75, 3.05) is 18.5 Å². The van der Waals surface area contributed by atoms with E-state index in [4.69, 9.17) is 4.74 Å². The molecule has 0 saturated carbocycles. The Bertz CT molecular complexity index is 683. The number of rotatable bonds is 4. The fourth-order valence-corrected chi connectivity index (χ4v) is 2.96. The SMILES string of the molecule is Cc1[nH]nc(NC[C@@H]2CCCO[C@H]2c2ccnn2C)c1C#N. The maximum absolute atomic E-state index is 9.18. The molecule has 2 aromatic rings. The Morgan fingerprint density at radius 3 is 3.18 bits per heavy atom. The Balaban J connectivity index is 1.72. The second-order valence-corrected chi connectivity index (χ2v) is 5.64. The first-order valence-electron chi connectivity index (χ1n) is 7.49. The van der Waals surface area contributed by atoms with E-state index in [9.17, 15) is 5.26 Å². The van der Waals surface area contributed by atoms with Crippen LogP contribution in [0, 0.1) is 24.2 Å². The van der Waals surface area contributed by atoms with Crippen molar-refractivity contribution in [3.05, 3.63) is 29.2 Å². The van der Waals surface area contributed by atoms with E-state index >= 15 is 0 Å². The Morgan fingerprint density at radius 1 is 1.59 bits per heavy atom. The molecule has 2 aromatic heterocycles. The van der Waals surface area contributed by atoms with Gasteiger partial charge in [-0.2, -0.15) is 15.5 Å². The summed E-state index contributed by atoms with van der Waals surface area (Å²) in [6.07, 6.45) is 3.95. The zero-order valence-electron chi connectivity index (χ0n) is 12.8. The largest absolute Gasteiger partial charge is 0.372 e. The maximum Gasteiger partial charge on any atom is 0.166 e. The van der Waals surface area contributed by atoms with E-state index in [0.717, 1.165) is 37.4 Å². The van der Waals surface area contributed by atoms with Crippen LogP contribution >= 0.6 is 0 Å². The van der Waals surface area contributed by atoms with Crippen molar-refractivity contribution in [1.29, 1.82) is 5.26 Å². The lowest BCUT2D eigenvalue weighted by Crippen LogP contribution is -2.29. The van der Waals surface area contributed by atoms with E-state index in [1.165, 1.54) is 0 Å². The predicted molar refractivity (Wildman–Crippen MR) is 81.2 cm³/mol. The number of ether oxygens (including phenoxy) is 1. The van der Waals surface area contributed by atoms with Gasteiger partial charge >= 0.3 is 0 Å². The summed E-state index contributed by atoms with van der Waals surface area (Å²) in [4.78, 5) is 0. The van der Waals surface area contributed by atoms with Gasteiger partial charge in [0.1, 0.15) is 17.7 Å². The minimum Gasteiger partial charge on any atom is -0.372 e. The molecule has 1 saturated heterocycles. The number of aromatic amines is 1. The van der Waals surface area contributed by atoms with Crippen LogP contribution in [0.4, 0.5) is 5.82 Å². The number of hydrogen-bond donors (Lipinski definition) is 2. The van der Waals surface area contributed by atoms with Gasteiger partial charge in [-0.25, -0.2) is 0 Å². The van der Waals surface area contributed by atoms with Gasteiger partial charge in [0, 0.05) is 32.3 Å². The van der Waals surface area contributed by atoms with Gasteiger partial charge in [-0.3, -0.25) is 9.78 Å². The summed E-state index contributed by atoms with van der Waals surface area (Å²) in [5, 5.41) is 23.7. The lowest BCUT2D eigenvalue weighted by Gasteiger charge is -2.32. The molecule has 7 nitrogen and oxygen atoms in total. The van der Waals surface area contributed by atoms with Crippen LogP contribution in [-0.4, -0.2) is 33.1 Å². The molecule has 0 unspecified atom stereocenters. The minimum atomic E-state index is 0.0272. The van der Waals surface area contributed by atoms with Gasteiger partial charge in [-0.15, -0.1) is 0 Å². The number of aryl methyl sites for hydroxylation is 2. The number of nitriles is 1. The van der Waals surface area contributed by atoms with E-state index in [0.29, 0.717) is 17.3 Å². The fraction of sp³-hybridized carbons (Fsp3) is 0.533. The van der Waals surface area contributed by atoms with E-state index in [1.54, 1.807) is 6.20 Å². The van der Waals surface area contributed by atoms with E-state index < -0.39 is 0 Å². The monoisotopic (exact) mass is 300 g/mol. The van der Waals surface area contributed by atoms with Crippen molar-refractivity contribution in [1.82, 2.24) is 20.0 Å². The summed E-state index contributed by atoms with van der Waals surface area (Å²) in [6.45, 7) is 3.34. The lowest BCUT2D eigenvalue weighted by atomic mass is 9.92. The first-order valence-corrected chi connectivity index (χ1v) is 7.49. The predicted octanol–water partition coefficient (Wildman–Crippen LogP) is 1.90. The summed E-state index contributed by atoms with van der Waals surface area (Å²) in [5.41, 5.74) is 2.45. The smallest absolute Gasteiger partial charge is 0.166 e. The number of anilines is 1. The van der Waals surface area contributed by atoms with E-state index in [-0.39, 0.29) is 6.10 Å². The number of H-pyrrole nitrogens is 1. The Kier molecular flexibility index (Phi) is 4.11. The number of nitrogens with zero attached hydrogens (tertiary/aromatic N) is 4. The summed E-state index contributed by atoms with van der Waals surface area (Å²) in [7, 11) is 1.93. The number of nitrogens with one attached hydrogen (secondary N) is 2. The summed E-state index contributed by atoms with van der Waals surface area (Å²) in [6, 6.07) is 4.18. The van der Waals surface area contributed by atoms with Crippen LogP contribution in [0.1, 0.15) is 35.9 Å². The highest BCUT2D eigenvalue weighted by molar-refractivity contribution is 5.53. The van der Waals surface area contributed by atoms with Crippen molar-refractivity contribution in [2.24, 2.45) is 13.0 Å². The topological polar surface area (TPSA) is 91.5 Å². The van der Waals surface area contributed by atoms with Gasteiger partial charge in [-0.1, -0.05) is 0 Å². The number of hydrogen-bond acceptors (Lipinski definition) is 5. The van der Waals surface area contributed by atoms with Crippen molar-refractivity contribution >= 4 is 5.82 Å². The quantitative estimate of drug-likeness (QED) is 0.900. The van der Waals surface area contributed by atoms with Crippen molar-refractivity contribution < 1.29 is 4.74 Å². The van der Waals surface area contributed by atoms with Crippen molar-refractivity contribution in [3.8, 4) is 6.07 Å². The normalized spacial score (nSPS) is 21.5. The molecule has 7 heteroatoms. The molecule has 1 aliphatic rings. The molecule has 0 aliphatic carbocycles. The molecule has 116 valence electrons. The van der Waals surface area contributed by atoms with Gasteiger partial charge < -0.3 is 10.1 Å². The molecule has 0 bridgehead atoms. The zero-order chi connectivity index (χ0) is 15.5. The Labute approximate surface area is 129 Å². The van der Waals surface area contributed by atoms with Crippen LogP contribution in [0.5, 0.6) is 0 Å². The highest BCUT2D eigenvalue weighted by Crippen LogP contribution is 2.33. The van der Waals surface area contributed by atoms with E-state index in [2.05, 4.69) is 26.7 Å². The fourth-order valence-electron chi connectivity index (χ4n) is 2.96. The van der Waals surface area contributed by atoms with Crippen LogP contribution in [0.2, 0.25) is 0 Å². The number of aromatic nitrogens is 4. The molecule has 3 heterocycles. The maximum atomic E-state index is 9.18. The van der Waals surface area contributed by atoms with Gasteiger partial charge in [0.2, 0.25) is 0 Å². The molecule has 2 atom stereocenters. The third-order valence-corrected chi connectivity index (χ3v) is 4.19. The molecular weight excluding hydrogens is 280 g/mol. The summed E-state index contributed by atoms with van der Waals surface area (Å²) >= 11 is 0. The molecule has 0 aromatic carbocycles. The van der Waals surface area contributed by atoms with Gasteiger partial charge in [0.25, 0.3) is 0 Å². The molecular formula is C15H20N6O. The Morgan fingerprint density at radius 2 is 2.45 bits per heavy atom. The average molecular weight is 300 g/mol. The second-order valence-electron chi connectivity index (χ2n) is 5.64. The van der Waals surface area contributed by atoms with Crippen LogP contribution in [0.3, 0.4) is 0 Å². The zero-order valence-corrected chi connectivity index (χ0v) is 12.8. The minimum absolute atomic E-state index is 0.0272. The second kappa shape index (κ2) is 6.20. The molecule has 0 radical (unpaired) electrons. The van der Waals surface area contributed by atoms with Crippen LogP contribution in [-0.2, 0) is 11.8 Å². The van der Waals surface area contributed by atoms with Gasteiger partial charge in [0.15, 0.2) is 5.82 Å². The first-order chi connectivity index (χ1) is 10.7. The standard InChI is InChI=1S/C15H20N6O/c1-10-12(8-16)15(20-19-10)17-9-11-4-3-7-22-14(11)13-5-6-18-21(13)2/h5-6,11,14H,3-4,7,9H2,1-2H3,(H2,17,19,20)/t11-,14+/m0/s1. The molecule has 1 aliphatic heterocycles. The molecule has 0 amide bonds. The highest BCUT2D eigenvalue weighted by atomic mass is 16.5. The Hall–Kier alpha value is -2.33.